The van der Waals surface area contributed by atoms with Gasteiger partial charge in [0.25, 0.3) is 0 Å². The van der Waals surface area contributed by atoms with Crippen LogP contribution in [-0.2, 0) is 41.6 Å². The van der Waals surface area contributed by atoms with Crippen LogP contribution in [0.5, 0.6) is 0 Å². The molecule has 0 aromatic heterocycles. The monoisotopic (exact) mass is 1130 g/mol. The summed E-state index contributed by atoms with van der Waals surface area (Å²) in [6.07, 6.45) is 0. The Labute approximate surface area is 460 Å². The number of carbonyl (C=O) groups is 2. The van der Waals surface area contributed by atoms with Crippen LogP contribution in [0, 0.1) is 0 Å². The van der Waals surface area contributed by atoms with Gasteiger partial charge >= 0.3 is 37.9 Å². The van der Waals surface area contributed by atoms with Gasteiger partial charge in [0.15, 0.2) is 11.2 Å². The second-order valence-electron chi connectivity index (χ2n) is 17.4. The molecule has 0 aliphatic carbocycles. The zero-order valence-electron chi connectivity index (χ0n) is 40.7. The van der Waals surface area contributed by atoms with Crippen LogP contribution in [0.3, 0.4) is 0 Å². The van der Waals surface area contributed by atoms with Crippen LogP contribution < -0.4 is 31.1 Å². The van der Waals surface area contributed by atoms with E-state index < -0.39 is 60.3 Å². The minimum atomic E-state index is -3.25. The average molecular weight is 1130 g/mol. The molecule has 0 saturated heterocycles. The first-order chi connectivity index (χ1) is 36.7. The van der Waals surface area contributed by atoms with Crippen LogP contribution in [0.4, 0.5) is 0 Å². The van der Waals surface area contributed by atoms with Gasteiger partial charge in [0, 0.05) is 0 Å². The first kappa shape index (κ1) is 54.2. The van der Waals surface area contributed by atoms with Crippen molar-refractivity contribution >= 4 is 76.4 Å². The van der Waals surface area contributed by atoms with Crippen LogP contribution in [0.2, 0.25) is 0 Å². The second-order valence-corrected chi connectivity index (χ2v) is 27.9. The number of halogens is 2. The third-order valence-corrected chi connectivity index (χ3v) is 21.2. The molecule has 0 radical (unpaired) electrons. The summed E-state index contributed by atoms with van der Waals surface area (Å²) in [6.45, 7) is 0. The fraction of sp³-hybridized carbons (Fsp3) is 0.0312. The molecule has 0 atom stereocenters. The number of carbonyl (C=O) groups excluding carboxylic acids is 2. The van der Waals surface area contributed by atoms with Gasteiger partial charge in [-0.25, -0.2) is 0 Å². The van der Waals surface area contributed by atoms with Gasteiger partial charge < -0.3 is 29.8 Å². The molecule has 0 bridgehead atoms. The minimum absolute atomic E-state index is 0.488. The van der Waals surface area contributed by atoms with E-state index in [0.29, 0.717) is 22.3 Å². The second kappa shape index (κ2) is 25.9. The molecule has 0 aliphatic heterocycles. The Morgan fingerprint density at radius 2 is 0.427 bits per heavy atom. The van der Waals surface area contributed by atoms with Crippen LogP contribution >= 0.6 is 17.0 Å². The summed E-state index contributed by atoms with van der Waals surface area (Å²) in [5.74, 6) is -1.16. The Balaban J connectivity index is 0.000000189. The van der Waals surface area contributed by atoms with Gasteiger partial charge in [0.1, 0.15) is 0 Å². The number of rotatable bonds is 14. The molecule has 0 spiro atoms. The molecule has 10 aromatic rings. The number of aliphatic hydroxyl groups is 2. The Kier molecular flexibility index (Phi) is 18.8. The molecular formula is C64H52Cl2N2O4Si2Zr. The quantitative estimate of drug-likeness (QED) is 0.0836. The summed E-state index contributed by atoms with van der Waals surface area (Å²) in [6, 6.07) is 96.2. The van der Waals surface area contributed by atoms with Crippen molar-refractivity contribution in [2.75, 3.05) is 0 Å². The van der Waals surface area contributed by atoms with E-state index in [-0.39, 0.29) is 0 Å². The predicted molar refractivity (Wildman–Crippen MR) is 308 cm³/mol. The van der Waals surface area contributed by atoms with E-state index in [1.807, 2.05) is 255 Å². The van der Waals surface area contributed by atoms with E-state index in [4.69, 9.17) is 27.0 Å². The molecule has 0 saturated carbocycles. The van der Waals surface area contributed by atoms with Crippen LogP contribution in [0.25, 0.3) is 9.96 Å². The van der Waals surface area contributed by atoms with Gasteiger partial charge in [-0.1, -0.05) is 334 Å². The molecular weight excluding hydrogens is 1080 g/mol. The number of hydrogen-bond donors (Lipinski definition) is 2. The molecule has 2 amide bonds. The Morgan fingerprint density at radius 3 is 0.573 bits per heavy atom. The fourth-order valence-electron chi connectivity index (χ4n) is 9.47. The van der Waals surface area contributed by atoms with Crippen LogP contribution in [-0.4, -0.2) is 38.5 Å². The summed E-state index contributed by atoms with van der Waals surface area (Å²) >= 11 is -0.826. The predicted octanol–water partition coefficient (Wildman–Crippen LogP) is 10.4. The van der Waals surface area contributed by atoms with Gasteiger partial charge in [0.2, 0.25) is 0 Å². The fourth-order valence-corrected chi connectivity index (χ4v) is 17.2. The maximum atomic E-state index is 14.4. The van der Waals surface area contributed by atoms with Crippen LogP contribution in [0.15, 0.2) is 303 Å². The molecule has 368 valence electrons. The third-order valence-electron chi connectivity index (χ3n) is 13.1. The molecule has 0 heterocycles. The van der Waals surface area contributed by atoms with Crippen molar-refractivity contribution in [2.24, 2.45) is 0 Å². The van der Waals surface area contributed by atoms with Crippen molar-refractivity contribution in [1.82, 2.24) is 0 Å². The normalized spacial score (nSPS) is 11.3. The van der Waals surface area contributed by atoms with E-state index in [0.717, 1.165) is 31.1 Å². The summed E-state index contributed by atoms with van der Waals surface area (Å²) < 4.78 is 0. The molecule has 0 unspecified atom stereocenters. The number of amides is 2. The first-order valence-electron chi connectivity index (χ1n) is 24.2. The summed E-state index contributed by atoms with van der Waals surface area (Å²) in [7, 11) is 3.37. The maximum absolute atomic E-state index is 14.4. The summed E-state index contributed by atoms with van der Waals surface area (Å²) in [5, 5.41) is 30.2. The van der Waals surface area contributed by atoms with E-state index in [1.165, 1.54) is 0 Å². The Hall–Kier alpha value is -7.04. The Bertz CT molecular complexity index is 2810. The average Bonchev–Trinajstić information content (AvgIpc) is 3.50. The molecule has 2 N–H and O–H groups in total. The van der Waals surface area contributed by atoms with Crippen molar-refractivity contribution in [3.63, 3.8) is 0 Å². The zero-order chi connectivity index (χ0) is 52.4. The molecule has 0 aliphatic rings. The molecule has 75 heavy (non-hydrogen) atoms. The third kappa shape index (κ3) is 11.8. The standard InChI is InChI=1S/2C32H27NO2Si.2ClH.Zr/c2*34-31(32(35,26-16-6-1-7-17-26)27-18-8-2-9-19-27)33-36(28-20-10-3-11-21-28,29-22-12-4-13-23-29)30-24-14-5-15-25-30;;;/h2*1-25,35H,(H,33,34);2*1H;/q;;;;+4/p-4. The van der Waals surface area contributed by atoms with E-state index >= 15 is 0 Å². The van der Waals surface area contributed by atoms with Gasteiger partial charge in [-0.15, -0.1) is 0 Å². The van der Waals surface area contributed by atoms with E-state index in [9.17, 15) is 19.8 Å². The summed E-state index contributed by atoms with van der Waals surface area (Å²) in [5.41, 5.74) is -1.91. The van der Waals surface area contributed by atoms with Crippen molar-refractivity contribution in [1.29, 1.82) is 0 Å². The molecule has 11 heteroatoms. The van der Waals surface area contributed by atoms with Gasteiger partial charge in [-0.2, -0.15) is 0 Å². The first-order valence-corrected chi connectivity index (χ1v) is 34.5. The molecule has 10 aromatic carbocycles. The number of benzene rings is 10. The number of nitrogens with zero attached hydrogens (tertiary/aromatic N) is 2. The summed E-state index contributed by atoms with van der Waals surface area (Å²) in [4.78, 5) is 39.0. The van der Waals surface area contributed by atoms with Gasteiger partial charge in [-0.3, -0.25) is 0 Å². The van der Waals surface area contributed by atoms with E-state index in [2.05, 4.69) is 0 Å². The molecule has 0 fully saturated rings. The SMILES string of the molecule is O=C([N-][Si](c1ccccc1)(c1ccccc1)c1ccccc1)C(O)(c1ccccc1)c1ccccc1.O=C([N-][Si](c1ccccc1)(c1ccccc1)c1ccccc1)C(O)(c1ccccc1)c1ccccc1.[Cl][Zr+2][Cl]. The van der Waals surface area contributed by atoms with Gasteiger partial charge in [0.05, 0.1) is 28.3 Å². The molecule has 6 nitrogen and oxygen atoms in total. The van der Waals surface area contributed by atoms with Crippen molar-refractivity contribution in [3.8, 4) is 0 Å². The van der Waals surface area contributed by atoms with Crippen molar-refractivity contribution in [2.45, 2.75) is 11.2 Å². The Morgan fingerprint density at radius 1 is 0.293 bits per heavy atom. The molecule has 10 rings (SSSR count). The van der Waals surface area contributed by atoms with Crippen molar-refractivity contribution < 1.29 is 40.7 Å². The van der Waals surface area contributed by atoms with E-state index in [1.54, 1.807) is 48.5 Å². The topological polar surface area (TPSA) is 103 Å². The number of hydrogen-bond acceptors (Lipinski definition) is 4. The zero-order valence-corrected chi connectivity index (χ0v) is 46.7. The van der Waals surface area contributed by atoms with Crippen LogP contribution in [0.1, 0.15) is 22.3 Å². The van der Waals surface area contributed by atoms with Gasteiger partial charge in [-0.05, 0) is 22.3 Å². The van der Waals surface area contributed by atoms with Crippen molar-refractivity contribution in [3.05, 3.63) is 336 Å².